The Morgan fingerprint density at radius 1 is 1.02 bits per heavy atom. The van der Waals surface area contributed by atoms with E-state index >= 15 is 0 Å². The van der Waals surface area contributed by atoms with E-state index in [1.54, 1.807) is 63.1 Å². The van der Waals surface area contributed by atoms with Crippen LogP contribution in [0.5, 0.6) is 5.75 Å². The first kappa shape index (κ1) is 45.4. The second-order valence-electron chi connectivity index (χ2n) is 16.7. The highest BCUT2D eigenvalue weighted by atomic mass is 35.5. The predicted octanol–water partition coefficient (Wildman–Crippen LogP) is 6.40. The number of carbonyl (C=O) groups is 3. The van der Waals surface area contributed by atoms with E-state index in [9.17, 15) is 18.8 Å². The first-order valence-corrected chi connectivity index (χ1v) is 21.5. The number of hydrogen-bond acceptors (Lipinski definition) is 11. The van der Waals surface area contributed by atoms with Crippen LogP contribution in [0.1, 0.15) is 90.3 Å². The largest absolute Gasteiger partial charge is 0.482 e. The lowest BCUT2D eigenvalue weighted by atomic mass is 10.0. The molecule has 0 bridgehead atoms. The maximum absolute atomic E-state index is 14.2. The second-order valence-corrected chi connectivity index (χ2v) is 17.4. The first-order chi connectivity index (χ1) is 29.0. The Hall–Kier alpha value is -5.13. The molecule has 2 aliphatic heterocycles. The zero-order chi connectivity index (χ0) is 43.8. The van der Waals surface area contributed by atoms with E-state index in [2.05, 4.69) is 30.6 Å². The smallest absolute Gasteiger partial charge is 0.408 e. The van der Waals surface area contributed by atoms with Crippen LogP contribution in [0.15, 0.2) is 49.2 Å². The summed E-state index contributed by atoms with van der Waals surface area (Å²) in [7, 11) is 0. The van der Waals surface area contributed by atoms with E-state index in [0.29, 0.717) is 69.1 Å². The third kappa shape index (κ3) is 12.3. The van der Waals surface area contributed by atoms with Crippen LogP contribution in [-0.2, 0) is 20.9 Å². The molecule has 330 valence electrons. The van der Waals surface area contributed by atoms with Gasteiger partial charge in [0.2, 0.25) is 11.8 Å². The van der Waals surface area contributed by atoms with Crippen LogP contribution >= 0.6 is 23.2 Å². The SMILES string of the molecule is C[C@@H](Oc1cc(-c2cnn(C3CCN(C(=O)CCCN4CC[C@@H](NC(=O)[C@H](CCCn5ccnc5N)NC(=O)OC(C)(C)C)C4)CC3)c2)cnc1N)c1c(Cl)ccc(F)c1Cl. The maximum atomic E-state index is 14.2. The quantitative estimate of drug-likeness (QED) is 0.0908. The van der Waals surface area contributed by atoms with Gasteiger partial charge in [0.1, 0.15) is 23.6 Å². The first-order valence-electron chi connectivity index (χ1n) is 20.7. The molecular formula is C42H56Cl2FN11O5. The number of imidazole rings is 1. The summed E-state index contributed by atoms with van der Waals surface area (Å²) in [5.74, 6) is 0.139. The van der Waals surface area contributed by atoms with Crippen molar-refractivity contribution < 1.29 is 28.2 Å². The summed E-state index contributed by atoms with van der Waals surface area (Å²) >= 11 is 12.5. The van der Waals surface area contributed by atoms with E-state index in [-0.39, 0.29) is 39.8 Å². The van der Waals surface area contributed by atoms with Crippen molar-refractivity contribution >= 4 is 52.9 Å². The minimum atomic E-state index is -0.772. The Labute approximate surface area is 365 Å². The number of nitrogens with two attached hydrogens (primary N) is 2. The number of anilines is 2. The summed E-state index contributed by atoms with van der Waals surface area (Å²) in [6, 6.07) is 3.67. The van der Waals surface area contributed by atoms with Gasteiger partial charge in [0.15, 0.2) is 17.5 Å². The number of alkyl carbamates (subject to hydrolysis) is 1. The van der Waals surface area contributed by atoms with E-state index in [0.717, 1.165) is 43.5 Å². The molecule has 16 nitrogen and oxygen atoms in total. The third-order valence-corrected chi connectivity index (χ3v) is 11.6. The van der Waals surface area contributed by atoms with E-state index < -0.39 is 29.7 Å². The summed E-state index contributed by atoms with van der Waals surface area (Å²) in [5, 5.41) is 10.7. The maximum Gasteiger partial charge on any atom is 0.408 e. The van der Waals surface area contributed by atoms with Gasteiger partial charge in [-0.3, -0.25) is 14.3 Å². The normalized spacial score (nSPS) is 17.2. The highest BCUT2D eigenvalue weighted by molar-refractivity contribution is 6.36. The highest BCUT2D eigenvalue weighted by Gasteiger charge is 2.30. The Kier molecular flexibility index (Phi) is 15.0. The number of halogens is 3. The number of ether oxygens (including phenoxy) is 2. The Balaban J connectivity index is 0.927. The van der Waals surface area contributed by atoms with Crippen LogP contribution in [0.2, 0.25) is 10.0 Å². The number of pyridine rings is 1. The lowest BCUT2D eigenvalue weighted by Gasteiger charge is -2.32. The average Bonchev–Trinajstić information content (AvgIpc) is 3.98. The molecule has 3 atom stereocenters. The molecule has 2 fully saturated rings. The van der Waals surface area contributed by atoms with Crippen molar-refractivity contribution in [3.63, 3.8) is 0 Å². The number of nitrogen functional groups attached to an aromatic ring is 2. The second kappa shape index (κ2) is 20.2. The number of nitrogens with one attached hydrogen (secondary N) is 2. The summed E-state index contributed by atoms with van der Waals surface area (Å²) in [6.45, 7) is 11.1. The van der Waals surface area contributed by atoms with Crippen LogP contribution in [0.4, 0.5) is 21.0 Å². The molecule has 61 heavy (non-hydrogen) atoms. The number of nitrogens with zero attached hydrogens (tertiary/aromatic N) is 7. The van der Waals surface area contributed by atoms with Crippen LogP contribution < -0.4 is 26.8 Å². The van der Waals surface area contributed by atoms with Gasteiger partial charge in [-0.05, 0) is 91.0 Å². The van der Waals surface area contributed by atoms with Crippen molar-refractivity contribution in [2.24, 2.45) is 0 Å². The van der Waals surface area contributed by atoms with Crippen LogP contribution in [-0.4, -0.2) is 102 Å². The third-order valence-electron chi connectivity index (χ3n) is 10.9. The summed E-state index contributed by atoms with van der Waals surface area (Å²) in [5.41, 5.74) is 13.2. The number of aryl methyl sites for hydroxylation is 1. The number of rotatable bonds is 16. The minimum Gasteiger partial charge on any atom is -0.482 e. The molecule has 0 spiro atoms. The van der Waals surface area contributed by atoms with Gasteiger partial charge in [0, 0.05) is 91.7 Å². The van der Waals surface area contributed by atoms with Crippen molar-refractivity contribution in [3.05, 3.63) is 70.6 Å². The lowest BCUT2D eigenvalue weighted by Crippen LogP contribution is -2.51. The van der Waals surface area contributed by atoms with Gasteiger partial charge < -0.3 is 45.9 Å². The van der Waals surface area contributed by atoms with Crippen molar-refractivity contribution in [1.82, 2.24) is 44.7 Å². The molecule has 3 aromatic heterocycles. The number of carbonyl (C=O) groups excluding carboxylic acids is 3. The van der Waals surface area contributed by atoms with Gasteiger partial charge in [-0.2, -0.15) is 5.10 Å². The van der Waals surface area contributed by atoms with Gasteiger partial charge in [0.05, 0.1) is 17.3 Å². The van der Waals surface area contributed by atoms with E-state index in [1.165, 1.54) is 12.1 Å². The zero-order valence-electron chi connectivity index (χ0n) is 35.1. The minimum absolute atomic E-state index is 0.0707. The molecule has 2 aliphatic rings. The number of benzene rings is 1. The zero-order valence-corrected chi connectivity index (χ0v) is 36.6. The molecule has 5 heterocycles. The van der Waals surface area contributed by atoms with Gasteiger partial charge in [-0.15, -0.1) is 0 Å². The topological polar surface area (TPSA) is 201 Å². The number of likely N-dealkylation sites (tertiary alicyclic amines) is 2. The Morgan fingerprint density at radius 3 is 2.51 bits per heavy atom. The molecule has 6 rings (SSSR count). The molecule has 0 aliphatic carbocycles. The van der Waals surface area contributed by atoms with E-state index in [4.69, 9.17) is 44.1 Å². The van der Waals surface area contributed by atoms with Crippen molar-refractivity contribution in [2.75, 3.05) is 44.2 Å². The molecule has 4 aromatic rings. The molecule has 0 radical (unpaired) electrons. The van der Waals surface area contributed by atoms with E-state index in [1.807, 2.05) is 15.8 Å². The van der Waals surface area contributed by atoms with Crippen molar-refractivity contribution in [3.8, 4) is 16.9 Å². The molecule has 0 unspecified atom stereocenters. The Bertz CT molecular complexity index is 2150. The molecule has 0 saturated carbocycles. The van der Waals surface area contributed by atoms with Crippen LogP contribution in [0, 0.1) is 5.82 Å². The van der Waals surface area contributed by atoms with Crippen LogP contribution in [0.25, 0.3) is 11.1 Å². The fourth-order valence-corrected chi connectivity index (χ4v) is 8.40. The molecule has 19 heteroatoms. The fourth-order valence-electron chi connectivity index (χ4n) is 7.72. The van der Waals surface area contributed by atoms with Crippen molar-refractivity contribution in [2.45, 2.75) is 109 Å². The van der Waals surface area contributed by atoms with Crippen LogP contribution in [0.3, 0.4) is 0 Å². The van der Waals surface area contributed by atoms with Gasteiger partial charge in [0.25, 0.3) is 0 Å². The number of amides is 3. The van der Waals surface area contributed by atoms with Gasteiger partial charge in [-0.25, -0.2) is 19.2 Å². The highest BCUT2D eigenvalue weighted by Crippen LogP contribution is 2.37. The van der Waals surface area contributed by atoms with Crippen molar-refractivity contribution in [1.29, 1.82) is 0 Å². The molecule has 6 N–H and O–H groups in total. The summed E-state index contributed by atoms with van der Waals surface area (Å²) < 4.78 is 29.4. The monoisotopic (exact) mass is 883 g/mol. The molecule has 3 amide bonds. The lowest BCUT2D eigenvalue weighted by molar-refractivity contribution is -0.132. The fraction of sp³-hybridized carbons (Fsp3) is 0.524. The van der Waals surface area contributed by atoms with Gasteiger partial charge in [-0.1, -0.05) is 23.2 Å². The summed E-state index contributed by atoms with van der Waals surface area (Å²) in [4.78, 5) is 51.8. The number of aromatic nitrogens is 5. The number of hydrogen-bond donors (Lipinski definition) is 4. The Morgan fingerprint density at radius 2 is 1.79 bits per heavy atom. The molecule has 2 saturated heterocycles. The predicted molar refractivity (Wildman–Crippen MR) is 231 cm³/mol. The van der Waals surface area contributed by atoms with Gasteiger partial charge >= 0.3 is 6.09 Å². The average molecular weight is 885 g/mol. The summed E-state index contributed by atoms with van der Waals surface area (Å²) in [6.07, 6.45) is 11.9. The number of piperidine rings is 1. The molecule has 1 aromatic carbocycles. The molecular weight excluding hydrogens is 828 g/mol. The standard InChI is InChI=1S/C42H56Cl2FN11O5/c1-26(36-31(43)9-10-32(45)37(36)44)60-34-21-27(22-49-38(34)46)28-23-50-56(24-28)30-12-18-54(19-13-30)35(57)8-6-15-53-17-11-29(25-53)51-39(58)33(52-41(59)61-42(2,3)4)7-5-16-55-20-14-48-40(55)47/h9-10,14,20-24,26,29-30,33H,5-8,11-13,15-19,25H2,1-4H3,(H2,46,49)(H2,47,48)(H,51,58)(H,52,59)/t26-,29-,33+/m1/s1.